The van der Waals surface area contributed by atoms with Crippen LogP contribution in [-0.2, 0) is 14.3 Å². The highest BCUT2D eigenvalue weighted by Crippen LogP contribution is 2.29. The monoisotopic (exact) mass is 458 g/mol. The number of ether oxygens (including phenoxy) is 5. The van der Waals surface area contributed by atoms with Crippen molar-refractivity contribution >= 4 is 18.0 Å². The number of carboxylic acids is 1. The number of carboxylic acid groups (broad SMARTS) is 1. The van der Waals surface area contributed by atoms with E-state index in [1.54, 1.807) is 63.4 Å². The van der Waals surface area contributed by atoms with Crippen molar-refractivity contribution in [3.63, 3.8) is 0 Å². The molecule has 2 aromatic carbocycles. The van der Waals surface area contributed by atoms with E-state index in [-0.39, 0.29) is 6.61 Å². The van der Waals surface area contributed by atoms with Crippen LogP contribution < -0.4 is 18.9 Å². The van der Waals surface area contributed by atoms with Crippen LogP contribution in [0.1, 0.15) is 32.3 Å². The highest BCUT2D eigenvalue weighted by atomic mass is 16.6. The van der Waals surface area contributed by atoms with Gasteiger partial charge in [0.2, 0.25) is 0 Å². The van der Waals surface area contributed by atoms with Gasteiger partial charge in [0.1, 0.15) is 11.5 Å². The first kappa shape index (κ1) is 25.6. The minimum absolute atomic E-state index is 0.244. The summed E-state index contributed by atoms with van der Waals surface area (Å²) in [5.41, 5.74) is -0.442. The number of carbonyl (C=O) groups excluding carboxylic acids is 1. The van der Waals surface area contributed by atoms with Crippen LogP contribution in [0.25, 0.3) is 6.08 Å². The van der Waals surface area contributed by atoms with Crippen LogP contribution >= 0.6 is 0 Å². The van der Waals surface area contributed by atoms with Crippen molar-refractivity contribution in [2.75, 3.05) is 27.4 Å². The van der Waals surface area contributed by atoms with Gasteiger partial charge in [0.25, 0.3) is 0 Å². The zero-order valence-corrected chi connectivity index (χ0v) is 19.3. The van der Waals surface area contributed by atoms with Crippen LogP contribution in [0.15, 0.2) is 48.5 Å². The number of rotatable bonds is 13. The van der Waals surface area contributed by atoms with Crippen molar-refractivity contribution in [1.82, 2.24) is 0 Å². The fourth-order valence-corrected chi connectivity index (χ4v) is 2.78. The molecule has 0 aliphatic carbocycles. The molecule has 0 fully saturated rings. The lowest BCUT2D eigenvalue weighted by Gasteiger charge is -2.24. The average molecular weight is 459 g/mol. The van der Waals surface area contributed by atoms with Crippen LogP contribution in [-0.4, -0.2) is 50.1 Å². The molecule has 0 bridgehead atoms. The first-order valence-corrected chi connectivity index (χ1v) is 10.5. The lowest BCUT2D eigenvalue weighted by Crippen LogP contribution is -2.39. The number of hydrogen-bond acceptors (Lipinski definition) is 7. The van der Waals surface area contributed by atoms with E-state index in [4.69, 9.17) is 28.8 Å². The SMILES string of the molecule is COc1ccc(OC(C)(C)C(=O)OCCCCOc2ccc(/C=C/C(=O)O)cc2OC)cc1. The molecule has 0 spiro atoms. The van der Waals surface area contributed by atoms with Crippen molar-refractivity contribution in [1.29, 1.82) is 0 Å². The molecule has 8 heteroatoms. The first-order chi connectivity index (χ1) is 15.7. The summed E-state index contributed by atoms with van der Waals surface area (Å²) in [7, 11) is 3.10. The molecule has 0 radical (unpaired) electrons. The Morgan fingerprint density at radius 3 is 2.21 bits per heavy atom. The van der Waals surface area contributed by atoms with E-state index in [9.17, 15) is 9.59 Å². The summed E-state index contributed by atoms with van der Waals surface area (Å²) in [5.74, 6) is 0.831. The number of unbranched alkanes of at least 4 members (excludes halogenated alkanes) is 1. The van der Waals surface area contributed by atoms with Crippen molar-refractivity contribution in [3.05, 3.63) is 54.1 Å². The number of methoxy groups -OCH3 is 2. The number of carbonyl (C=O) groups is 2. The molecule has 2 aromatic rings. The molecule has 2 rings (SSSR count). The van der Waals surface area contributed by atoms with E-state index >= 15 is 0 Å². The Morgan fingerprint density at radius 2 is 1.58 bits per heavy atom. The Kier molecular flexibility index (Phi) is 9.60. The molecule has 0 heterocycles. The van der Waals surface area contributed by atoms with E-state index < -0.39 is 17.5 Å². The summed E-state index contributed by atoms with van der Waals surface area (Å²) in [6, 6.07) is 12.1. The molecule has 33 heavy (non-hydrogen) atoms. The zero-order chi connectivity index (χ0) is 24.3. The molecule has 0 amide bonds. The second-order valence-electron chi connectivity index (χ2n) is 7.56. The fraction of sp³-hybridized carbons (Fsp3) is 0.360. The van der Waals surface area contributed by atoms with Crippen molar-refractivity contribution in [3.8, 4) is 23.0 Å². The predicted molar refractivity (Wildman–Crippen MR) is 123 cm³/mol. The van der Waals surface area contributed by atoms with Crippen LogP contribution in [0.4, 0.5) is 0 Å². The Morgan fingerprint density at radius 1 is 0.909 bits per heavy atom. The molecule has 0 aromatic heterocycles. The molecule has 0 unspecified atom stereocenters. The molecule has 0 aliphatic heterocycles. The summed E-state index contributed by atoms with van der Waals surface area (Å²) >= 11 is 0. The third kappa shape index (κ3) is 8.40. The van der Waals surface area contributed by atoms with Crippen molar-refractivity contribution in [2.24, 2.45) is 0 Å². The molecule has 178 valence electrons. The fourth-order valence-electron chi connectivity index (χ4n) is 2.78. The van der Waals surface area contributed by atoms with Crippen molar-refractivity contribution < 1.29 is 38.4 Å². The highest BCUT2D eigenvalue weighted by Gasteiger charge is 2.31. The minimum atomic E-state index is -1.13. The average Bonchev–Trinajstić information content (AvgIpc) is 2.80. The maximum Gasteiger partial charge on any atom is 0.349 e. The van der Waals surface area contributed by atoms with Gasteiger partial charge in [-0.1, -0.05) is 6.07 Å². The number of hydrogen-bond donors (Lipinski definition) is 1. The Bertz CT molecular complexity index is 947. The van der Waals surface area contributed by atoms with E-state index in [1.807, 2.05) is 0 Å². The van der Waals surface area contributed by atoms with E-state index in [1.165, 1.54) is 13.2 Å². The summed E-state index contributed by atoms with van der Waals surface area (Å²) < 4.78 is 27.3. The quantitative estimate of drug-likeness (QED) is 0.268. The van der Waals surface area contributed by atoms with Gasteiger partial charge in [-0.3, -0.25) is 0 Å². The lowest BCUT2D eigenvalue weighted by atomic mass is 10.1. The topological polar surface area (TPSA) is 101 Å². The van der Waals surface area contributed by atoms with E-state index in [0.717, 1.165) is 6.08 Å². The Balaban J connectivity index is 1.74. The summed E-state index contributed by atoms with van der Waals surface area (Å²) in [6.45, 7) is 3.96. The number of benzene rings is 2. The molecule has 0 saturated carbocycles. The van der Waals surface area contributed by atoms with Gasteiger partial charge >= 0.3 is 11.9 Å². The number of aliphatic carboxylic acids is 1. The molecule has 0 aliphatic rings. The second kappa shape index (κ2) is 12.4. The Labute approximate surface area is 193 Å². The van der Waals surface area contributed by atoms with Crippen molar-refractivity contribution in [2.45, 2.75) is 32.3 Å². The van der Waals surface area contributed by atoms with Gasteiger partial charge in [-0.25, -0.2) is 9.59 Å². The van der Waals surface area contributed by atoms with Gasteiger partial charge < -0.3 is 28.8 Å². The molecule has 8 nitrogen and oxygen atoms in total. The molecular formula is C25H30O8. The van der Waals surface area contributed by atoms with E-state index in [0.29, 0.717) is 48.0 Å². The van der Waals surface area contributed by atoms with Gasteiger partial charge in [-0.05, 0) is 74.7 Å². The zero-order valence-electron chi connectivity index (χ0n) is 19.3. The third-order valence-electron chi connectivity index (χ3n) is 4.56. The predicted octanol–water partition coefficient (Wildman–Crippen LogP) is 4.36. The minimum Gasteiger partial charge on any atom is -0.497 e. The summed E-state index contributed by atoms with van der Waals surface area (Å²) in [6.07, 6.45) is 3.81. The standard InChI is InChI=1S/C25H30O8/c1-25(2,33-20-11-9-19(29-3)10-12-20)24(28)32-16-6-5-15-31-21-13-7-18(8-14-23(26)27)17-22(21)30-4/h7-14,17H,5-6,15-16H2,1-4H3,(H,26,27)/b14-8+. The van der Waals surface area contributed by atoms with E-state index in [2.05, 4.69) is 0 Å². The van der Waals surface area contributed by atoms with Gasteiger partial charge in [0.15, 0.2) is 17.1 Å². The van der Waals surface area contributed by atoms with Gasteiger partial charge in [-0.2, -0.15) is 0 Å². The first-order valence-electron chi connectivity index (χ1n) is 10.5. The molecule has 0 atom stereocenters. The van der Waals surface area contributed by atoms with Gasteiger partial charge in [0.05, 0.1) is 27.4 Å². The lowest BCUT2D eigenvalue weighted by molar-refractivity contribution is -0.159. The molecule has 1 N–H and O–H groups in total. The maximum atomic E-state index is 12.4. The smallest absolute Gasteiger partial charge is 0.349 e. The second-order valence-corrected chi connectivity index (χ2v) is 7.56. The largest absolute Gasteiger partial charge is 0.497 e. The maximum absolute atomic E-state index is 12.4. The van der Waals surface area contributed by atoms with Crippen LogP contribution in [0.3, 0.4) is 0 Å². The summed E-state index contributed by atoms with van der Waals surface area (Å²) in [4.78, 5) is 23.0. The third-order valence-corrected chi connectivity index (χ3v) is 4.56. The normalized spacial score (nSPS) is 11.2. The summed E-state index contributed by atoms with van der Waals surface area (Å²) in [5, 5.41) is 8.72. The van der Waals surface area contributed by atoms with Gasteiger partial charge in [-0.15, -0.1) is 0 Å². The molecular weight excluding hydrogens is 428 g/mol. The molecule has 0 saturated heterocycles. The van der Waals surface area contributed by atoms with Gasteiger partial charge in [0, 0.05) is 6.08 Å². The van der Waals surface area contributed by atoms with Crippen LogP contribution in [0.2, 0.25) is 0 Å². The van der Waals surface area contributed by atoms with Crippen LogP contribution in [0.5, 0.6) is 23.0 Å². The highest BCUT2D eigenvalue weighted by molar-refractivity contribution is 5.85. The Hall–Kier alpha value is -3.68. The van der Waals surface area contributed by atoms with Crippen LogP contribution in [0, 0.1) is 0 Å². The number of esters is 1.